The molecule has 0 saturated carbocycles. The van der Waals surface area contributed by atoms with Gasteiger partial charge in [0.25, 0.3) is 5.89 Å². The molecule has 21 heavy (non-hydrogen) atoms. The summed E-state index contributed by atoms with van der Waals surface area (Å²) < 4.78 is 19.6. The predicted molar refractivity (Wildman–Crippen MR) is 81.1 cm³/mol. The lowest BCUT2D eigenvalue weighted by atomic mass is 10.1. The van der Waals surface area contributed by atoms with E-state index < -0.39 is 5.82 Å². The first kappa shape index (κ1) is 13.8. The van der Waals surface area contributed by atoms with Crippen LogP contribution in [0.15, 0.2) is 51.5 Å². The van der Waals surface area contributed by atoms with Crippen molar-refractivity contribution in [1.82, 2.24) is 10.1 Å². The molecule has 0 fully saturated rings. The smallest absolute Gasteiger partial charge is 0.258 e. The van der Waals surface area contributed by atoms with Crippen LogP contribution in [-0.2, 0) is 6.42 Å². The largest absolute Gasteiger partial charge is 0.396 e. The van der Waals surface area contributed by atoms with Crippen LogP contribution in [0.3, 0.4) is 0 Å². The molecule has 2 N–H and O–H groups in total. The van der Waals surface area contributed by atoms with E-state index in [0.717, 1.165) is 10.0 Å². The van der Waals surface area contributed by atoms with Crippen molar-refractivity contribution in [2.75, 3.05) is 5.73 Å². The van der Waals surface area contributed by atoms with Gasteiger partial charge in [-0.25, -0.2) is 4.39 Å². The molecular formula is C15H11BrFN3O. The summed E-state index contributed by atoms with van der Waals surface area (Å²) in [5.74, 6) is 0.325. The summed E-state index contributed by atoms with van der Waals surface area (Å²) in [4.78, 5) is 4.27. The van der Waals surface area contributed by atoms with E-state index in [4.69, 9.17) is 10.3 Å². The molecule has 0 bridgehead atoms. The van der Waals surface area contributed by atoms with Gasteiger partial charge in [0.2, 0.25) is 0 Å². The van der Waals surface area contributed by atoms with Gasteiger partial charge in [0.15, 0.2) is 5.82 Å². The van der Waals surface area contributed by atoms with E-state index >= 15 is 0 Å². The number of hydrogen-bond acceptors (Lipinski definition) is 4. The fourth-order valence-corrected chi connectivity index (χ4v) is 2.15. The van der Waals surface area contributed by atoms with Gasteiger partial charge < -0.3 is 10.3 Å². The number of aromatic nitrogens is 2. The van der Waals surface area contributed by atoms with Gasteiger partial charge in [-0.3, -0.25) is 0 Å². The Labute approximate surface area is 128 Å². The summed E-state index contributed by atoms with van der Waals surface area (Å²) in [6.45, 7) is 0. The molecule has 0 aliphatic heterocycles. The highest BCUT2D eigenvalue weighted by Crippen LogP contribution is 2.22. The van der Waals surface area contributed by atoms with Crippen LogP contribution < -0.4 is 5.73 Å². The Balaban J connectivity index is 1.82. The molecule has 1 aromatic heterocycles. The van der Waals surface area contributed by atoms with E-state index in [9.17, 15) is 4.39 Å². The second-order valence-electron chi connectivity index (χ2n) is 4.56. The fourth-order valence-electron chi connectivity index (χ4n) is 1.89. The zero-order chi connectivity index (χ0) is 14.8. The summed E-state index contributed by atoms with van der Waals surface area (Å²) in [6.07, 6.45) is 0.550. The molecule has 106 valence electrons. The fraction of sp³-hybridized carbons (Fsp3) is 0.0667. The molecule has 0 spiro atoms. The van der Waals surface area contributed by atoms with Crippen molar-refractivity contribution in [3.05, 3.63) is 64.1 Å². The zero-order valence-electron chi connectivity index (χ0n) is 10.9. The van der Waals surface area contributed by atoms with Gasteiger partial charge in [-0.2, -0.15) is 4.98 Å². The molecule has 0 radical (unpaired) electrons. The van der Waals surface area contributed by atoms with Gasteiger partial charge in [0.1, 0.15) is 5.82 Å². The molecule has 3 aromatic rings. The summed E-state index contributed by atoms with van der Waals surface area (Å²) in [7, 11) is 0. The first-order valence-electron chi connectivity index (χ1n) is 6.24. The van der Waals surface area contributed by atoms with Crippen molar-refractivity contribution in [3.8, 4) is 11.5 Å². The highest BCUT2D eigenvalue weighted by Gasteiger charge is 2.11. The third-order valence-corrected chi connectivity index (χ3v) is 3.52. The standard InChI is InChI=1S/C15H11BrFN3O/c16-11-4-1-9(2-5-11)7-14-19-15(21-20-14)10-3-6-13(18)12(17)8-10/h1-6,8H,7,18H2. The molecule has 4 nitrogen and oxygen atoms in total. The Morgan fingerprint density at radius 1 is 1.14 bits per heavy atom. The molecule has 1 heterocycles. The highest BCUT2D eigenvalue weighted by molar-refractivity contribution is 9.10. The van der Waals surface area contributed by atoms with Crippen molar-refractivity contribution in [2.45, 2.75) is 6.42 Å². The van der Waals surface area contributed by atoms with Crippen LogP contribution in [0, 0.1) is 5.82 Å². The third-order valence-electron chi connectivity index (χ3n) is 2.99. The summed E-state index contributed by atoms with van der Waals surface area (Å²) in [5.41, 5.74) is 7.11. The van der Waals surface area contributed by atoms with Gasteiger partial charge in [-0.05, 0) is 35.9 Å². The average molecular weight is 348 g/mol. The minimum absolute atomic E-state index is 0.0911. The summed E-state index contributed by atoms with van der Waals surface area (Å²) in [6, 6.07) is 12.3. The Morgan fingerprint density at radius 2 is 1.90 bits per heavy atom. The molecular weight excluding hydrogens is 337 g/mol. The molecule has 0 atom stereocenters. The Hall–Kier alpha value is -2.21. The molecule has 0 unspecified atom stereocenters. The molecule has 0 amide bonds. The topological polar surface area (TPSA) is 64.9 Å². The predicted octanol–water partition coefficient (Wildman–Crippen LogP) is 3.81. The van der Waals surface area contributed by atoms with E-state index in [-0.39, 0.29) is 11.6 Å². The number of nitrogen functional groups attached to an aromatic ring is 1. The van der Waals surface area contributed by atoms with Crippen molar-refractivity contribution in [2.24, 2.45) is 0 Å². The maximum atomic E-state index is 13.4. The molecule has 3 rings (SSSR count). The second-order valence-corrected chi connectivity index (χ2v) is 5.47. The van der Waals surface area contributed by atoms with E-state index in [0.29, 0.717) is 17.8 Å². The van der Waals surface area contributed by atoms with E-state index in [2.05, 4.69) is 26.1 Å². The van der Waals surface area contributed by atoms with Crippen molar-refractivity contribution in [3.63, 3.8) is 0 Å². The van der Waals surface area contributed by atoms with Gasteiger partial charge in [-0.15, -0.1) is 0 Å². The van der Waals surface area contributed by atoms with Gasteiger partial charge in [0.05, 0.1) is 5.69 Å². The van der Waals surface area contributed by atoms with E-state index in [1.165, 1.54) is 12.1 Å². The van der Waals surface area contributed by atoms with Crippen LogP contribution in [0.4, 0.5) is 10.1 Å². The molecule has 0 aliphatic rings. The first-order chi connectivity index (χ1) is 10.1. The number of nitrogens with two attached hydrogens (primary N) is 1. The number of halogens is 2. The summed E-state index contributed by atoms with van der Waals surface area (Å²) in [5, 5.41) is 3.91. The van der Waals surface area contributed by atoms with Crippen LogP contribution in [0.5, 0.6) is 0 Å². The number of benzene rings is 2. The van der Waals surface area contributed by atoms with Crippen LogP contribution in [0.1, 0.15) is 11.4 Å². The van der Waals surface area contributed by atoms with Gasteiger partial charge >= 0.3 is 0 Å². The maximum Gasteiger partial charge on any atom is 0.258 e. The minimum Gasteiger partial charge on any atom is -0.396 e. The number of hydrogen-bond donors (Lipinski definition) is 1. The first-order valence-corrected chi connectivity index (χ1v) is 7.03. The summed E-state index contributed by atoms with van der Waals surface area (Å²) >= 11 is 3.38. The average Bonchev–Trinajstić information content (AvgIpc) is 2.93. The SMILES string of the molecule is Nc1ccc(-c2nc(Cc3ccc(Br)cc3)no2)cc1F. The Bertz CT molecular complexity index is 771. The minimum atomic E-state index is -0.500. The number of rotatable bonds is 3. The molecule has 2 aromatic carbocycles. The zero-order valence-corrected chi connectivity index (χ0v) is 12.5. The Kier molecular flexibility index (Phi) is 3.70. The number of anilines is 1. The van der Waals surface area contributed by atoms with Crippen LogP contribution in [0.25, 0.3) is 11.5 Å². The second kappa shape index (κ2) is 5.65. The maximum absolute atomic E-state index is 13.4. The van der Waals surface area contributed by atoms with Crippen LogP contribution in [0.2, 0.25) is 0 Å². The van der Waals surface area contributed by atoms with E-state index in [1.807, 2.05) is 24.3 Å². The van der Waals surface area contributed by atoms with Crippen molar-refractivity contribution in [1.29, 1.82) is 0 Å². The lowest BCUT2D eigenvalue weighted by molar-refractivity contribution is 0.423. The lowest BCUT2D eigenvalue weighted by Gasteiger charge is -1.98. The van der Waals surface area contributed by atoms with Crippen molar-refractivity contribution < 1.29 is 8.91 Å². The normalized spacial score (nSPS) is 10.8. The van der Waals surface area contributed by atoms with E-state index in [1.54, 1.807) is 6.07 Å². The van der Waals surface area contributed by atoms with Crippen LogP contribution in [-0.4, -0.2) is 10.1 Å². The monoisotopic (exact) mass is 347 g/mol. The lowest BCUT2D eigenvalue weighted by Crippen LogP contribution is -1.92. The molecule has 0 aliphatic carbocycles. The van der Waals surface area contributed by atoms with Crippen LogP contribution >= 0.6 is 15.9 Å². The van der Waals surface area contributed by atoms with Gasteiger partial charge in [-0.1, -0.05) is 33.2 Å². The highest BCUT2D eigenvalue weighted by atomic mass is 79.9. The Morgan fingerprint density at radius 3 is 2.62 bits per heavy atom. The van der Waals surface area contributed by atoms with Gasteiger partial charge in [0, 0.05) is 16.5 Å². The quantitative estimate of drug-likeness (QED) is 0.731. The molecule has 6 heteroatoms. The number of nitrogens with zero attached hydrogens (tertiary/aromatic N) is 2. The molecule has 0 saturated heterocycles. The third kappa shape index (κ3) is 3.11. The van der Waals surface area contributed by atoms with Crippen molar-refractivity contribution >= 4 is 21.6 Å².